The van der Waals surface area contributed by atoms with Crippen molar-refractivity contribution in [2.75, 3.05) is 5.32 Å². The minimum Gasteiger partial charge on any atom is -0.436 e. The topological polar surface area (TPSA) is 108 Å². The fourth-order valence-corrected chi connectivity index (χ4v) is 3.78. The number of thiazole rings is 1. The zero-order valence-electron chi connectivity index (χ0n) is 15.8. The number of benzene rings is 1. The number of ether oxygens (including phenoxy) is 1. The minimum absolute atomic E-state index is 0.0394. The number of nitrogens with zero attached hydrogens (tertiary/aromatic N) is 5. The van der Waals surface area contributed by atoms with Crippen molar-refractivity contribution in [2.45, 2.75) is 26.3 Å². The number of aromatic nitrogens is 3. The van der Waals surface area contributed by atoms with Crippen molar-refractivity contribution in [1.29, 1.82) is 10.5 Å². The molecule has 1 N–H and O–H groups in total. The molecule has 3 aromatic rings. The van der Waals surface area contributed by atoms with Crippen LogP contribution in [0, 0.1) is 36.5 Å². The molecule has 4 rings (SSSR count). The Labute approximate surface area is 171 Å². The van der Waals surface area contributed by atoms with Crippen LogP contribution in [-0.4, -0.2) is 21.0 Å². The lowest BCUT2D eigenvalue weighted by Crippen LogP contribution is -2.26. The summed E-state index contributed by atoms with van der Waals surface area (Å²) in [4.78, 5) is 14.1. The number of rotatable bonds is 5. The van der Waals surface area contributed by atoms with Gasteiger partial charge < -0.3 is 10.1 Å². The summed E-state index contributed by atoms with van der Waals surface area (Å²) >= 11 is 1.41. The van der Waals surface area contributed by atoms with Crippen LogP contribution in [0.3, 0.4) is 0 Å². The molecule has 1 atom stereocenters. The summed E-state index contributed by atoms with van der Waals surface area (Å²) in [5, 5.41) is 20.8. The third-order valence-electron chi connectivity index (χ3n) is 4.50. The number of nitriles is 2. The molecule has 0 bridgehead atoms. The summed E-state index contributed by atoms with van der Waals surface area (Å²) in [6.45, 7) is 3.90. The molecule has 1 unspecified atom stereocenters. The van der Waals surface area contributed by atoms with E-state index in [0.717, 1.165) is 27.1 Å². The van der Waals surface area contributed by atoms with E-state index in [1.807, 2.05) is 38.1 Å². The maximum atomic E-state index is 8.89. The van der Waals surface area contributed by atoms with Gasteiger partial charge in [-0.05, 0) is 54.8 Å². The zero-order chi connectivity index (χ0) is 20.4. The summed E-state index contributed by atoms with van der Waals surface area (Å²) in [6.07, 6.45) is 5.73. The van der Waals surface area contributed by atoms with Gasteiger partial charge in [0.1, 0.15) is 5.75 Å². The number of anilines is 1. The monoisotopic (exact) mass is 400 g/mol. The molecule has 0 saturated carbocycles. The summed E-state index contributed by atoms with van der Waals surface area (Å²) in [5.41, 5.74) is 5.87. The molecule has 2 heterocycles. The normalized spacial score (nSPS) is 15.4. The van der Waals surface area contributed by atoms with E-state index in [1.54, 1.807) is 11.6 Å². The summed E-state index contributed by atoms with van der Waals surface area (Å²) in [5.74, 6) is 1.53. The highest BCUT2D eigenvalue weighted by Gasteiger charge is 2.21. The third kappa shape index (κ3) is 3.79. The Hall–Kier alpha value is -3.75. The van der Waals surface area contributed by atoms with Gasteiger partial charge in [-0.3, -0.25) is 0 Å². The van der Waals surface area contributed by atoms with Crippen molar-refractivity contribution in [1.82, 2.24) is 15.0 Å². The number of allylic oxidation sites excluding steroid dienone is 1. The van der Waals surface area contributed by atoms with Gasteiger partial charge in [-0.2, -0.15) is 20.5 Å². The zero-order valence-corrected chi connectivity index (χ0v) is 16.6. The first-order chi connectivity index (χ1) is 14.1. The number of nitrogens with one attached hydrogen (secondary N) is 1. The second-order valence-corrected chi connectivity index (χ2v) is 7.50. The van der Waals surface area contributed by atoms with Crippen molar-refractivity contribution in [3.63, 3.8) is 0 Å². The molecule has 142 valence electrons. The van der Waals surface area contributed by atoms with Crippen LogP contribution in [0.5, 0.6) is 11.6 Å². The SMILES string of the molecule is Cc1cc(/C=C/C#N)cc(C)c1Oc1nc(NC2C=C(C#N)C2)nc2scnc12. The lowest BCUT2D eigenvalue weighted by atomic mass is 9.94. The van der Waals surface area contributed by atoms with Crippen LogP contribution in [0.2, 0.25) is 0 Å². The first-order valence-corrected chi connectivity index (χ1v) is 9.79. The van der Waals surface area contributed by atoms with Crippen molar-refractivity contribution in [2.24, 2.45) is 0 Å². The van der Waals surface area contributed by atoms with E-state index in [9.17, 15) is 0 Å². The molecule has 0 spiro atoms. The molecule has 0 aliphatic heterocycles. The molecule has 0 fully saturated rings. The van der Waals surface area contributed by atoms with Gasteiger partial charge in [-0.25, -0.2) is 4.98 Å². The third-order valence-corrected chi connectivity index (χ3v) is 5.22. The van der Waals surface area contributed by atoms with Gasteiger partial charge >= 0.3 is 0 Å². The van der Waals surface area contributed by atoms with Crippen LogP contribution in [0.4, 0.5) is 5.95 Å². The molecule has 0 amide bonds. The fraction of sp³-hybridized carbons (Fsp3) is 0.190. The molecule has 8 heteroatoms. The molecule has 0 radical (unpaired) electrons. The molecule has 2 aromatic heterocycles. The Morgan fingerprint density at radius 3 is 2.69 bits per heavy atom. The van der Waals surface area contributed by atoms with Gasteiger partial charge in [0.25, 0.3) is 5.88 Å². The molecular weight excluding hydrogens is 384 g/mol. The lowest BCUT2D eigenvalue weighted by molar-refractivity contribution is 0.460. The highest BCUT2D eigenvalue weighted by atomic mass is 32.1. The maximum Gasteiger partial charge on any atom is 0.252 e. The van der Waals surface area contributed by atoms with Gasteiger partial charge in [0.2, 0.25) is 5.95 Å². The van der Waals surface area contributed by atoms with Gasteiger partial charge in [0.15, 0.2) is 10.3 Å². The summed E-state index contributed by atoms with van der Waals surface area (Å²) in [7, 11) is 0. The van der Waals surface area contributed by atoms with Crippen molar-refractivity contribution < 1.29 is 4.74 Å². The number of fused-ring (bicyclic) bond motifs is 1. The first kappa shape index (κ1) is 18.6. The van der Waals surface area contributed by atoms with Crippen LogP contribution < -0.4 is 10.1 Å². The quantitative estimate of drug-likeness (QED) is 0.620. The van der Waals surface area contributed by atoms with Crippen molar-refractivity contribution in [3.05, 3.63) is 52.1 Å². The molecule has 1 aliphatic rings. The van der Waals surface area contributed by atoms with E-state index < -0.39 is 0 Å². The smallest absolute Gasteiger partial charge is 0.252 e. The molecule has 0 saturated heterocycles. The van der Waals surface area contributed by atoms with E-state index in [1.165, 1.54) is 17.4 Å². The molecule has 1 aromatic carbocycles. The first-order valence-electron chi connectivity index (χ1n) is 8.91. The summed E-state index contributed by atoms with van der Waals surface area (Å²) < 4.78 is 6.18. The second kappa shape index (κ2) is 7.70. The molecule has 7 nitrogen and oxygen atoms in total. The maximum absolute atomic E-state index is 8.89. The van der Waals surface area contributed by atoms with Crippen molar-refractivity contribution in [3.8, 4) is 23.8 Å². The predicted octanol–water partition coefficient (Wildman–Crippen LogP) is 4.67. The largest absolute Gasteiger partial charge is 0.436 e. The average molecular weight is 400 g/mol. The van der Waals surface area contributed by atoms with E-state index in [4.69, 9.17) is 15.3 Å². The van der Waals surface area contributed by atoms with Crippen LogP contribution in [0.1, 0.15) is 23.1 Å². The minimum atomic E-state index is 0.0394. The molecule has 1 aliphatic carbocycles. The van der Waals surface area contributed by atoms with Crippen LogP contribution in [-0.2, 0) is 0 Å². The van der Waals surface area contributed by atoms with Crippen molar-refractivity contribution >= 4 is 33.7 Å². The average Bonchev–Trinajstić information content (AvgIpc) is 3.14. The molecule has 29 heavy (non-hydrogen) atoms. The lowest BCUT2D eigenvalue weighted by Gasteiger charge is -2.22. The highest BCUT2D eigenvalue weighted by Crippen LogP contribution is 2.34. The van der Waals surface area contributed by atoms with Gasteiger partial charge in [0, 0.05) is 18.1 Å². The predicted molar refractivity (Wildman–Crippen MR) is 112 cm³/mol. The number of hydrogen-bond donors (Lipinski definition) is 1. The van der Waals surface area contributed by atoms with E-state index in [-0.39, 0.29) is 6.04 Å². The van der Waals surface area contributed by atoms with E-state index in [0.29, 0.717) is 29.5 Å². The Bertz CT molecular complexity index is 1220. The fourth-order valence-electron chi connectivity index (χ4n) is 3.13. The van der Waals surface area contributed by atoms with Crippen LogP contribution in [0.25, 0.3) is 16.4 Å². The highest BCUT2D eigenvalue weighted by molar-refractivity contribution is 7.16. The Kier molecular flexibility index (Phi) is 4.94. The standard InChI is InChI=1S/C21H16N6OS/c1-12-6-14(4-3-5-22)7-13(2)18(12)28-19-17-20(29-11-24-17)27-21(26-19)25-16-8-15(9-16)10-23/h3-4,6-8,11,16H,9H2,1-2H3,(H,25,26,27)/b4-3+. The van der Waals surface area contributed by atoms with E-state index >= 15 is 0 Å². The summed E-state index contributed by atoms with van der Waals surface area (Å²) in [6, 6.07) is 8.09. The van der Waals surface area contributed by atoms with Gasteiger partial charge in [0.05, 0.1) is 23.7 Å². The second-order valence-electron chi connectivity index (χ2n) is 6.67. The van der Waals surface area contributed by atoms with Gasteiger partial charge in [-0.1, -0.05) is 0 Å². The number of hydrogen-bond acceptors (Lipinski definition) is 8. The van der Waals surface area contributed by atoms with Crippen LogP contribution >= 0.6 is 11.3 Å². The Morgan fingerprint density at radius 2 is 2.00 bits per heavy atom. The van der Waals surface area contributed by atoms with Gasteiger partial charge in [-0.15, -0.1) is 11.3 Å². The van der Waals surface area contributed by atoms with E-state index in [2.05, 4.69) is 26.3 Å². The Morgan fingerprint density at radius 1 is 1.24 bits per heavy atom. The Balaban J connectivity index is 1.67. The molecular formula is C21H16N6OS. The van der Waals surface area contributed by atoms with Crippen LogP contribution in [0.15, 0.2) is 35.4 Å². The number of aryl methyl sites for hydroxylation is 2.